The van der Waals surface area contributed by atoms with E-state index in [-0.39, 0.29) is 34.6 Å². The van der Waals surface area contributed by atoms with E-state index in [0.29, 0.717) is 11.2 Å². The fourth-order valence-corrected chi connectivity index (χ4v) is 6.07. The van der Waals surface area contributed by atoms with Crippen molar-refractivity contribution in [3.63, 3.8) is 0 Å². The van der Waals surface area contributed by atoms with E-state index < -0.39 is 33.6 Å². The molecular weight excluding hydrogens is 458 g/mol. The molecule has 0 bridgehead atoms. The minimum absolute atomic E-state index is 0.0226. The van der Waals surface area contributed by atoms with Crippen molar-refractivity contribution in [1.29, 1.82) is 0 Å². The quantitative estimate of drug-likeness (QED) is 0.579. The highest BCUT2D eigenvalue weighted by molar-refractivity contribution is 7.93. The van der Waals surface area contributed by atoms with Gasteiger partial charge in [0.2, 0.25) is 0 Å². The standard InChI is InChI=1S/C21H22F2N4O5S/c1-12(2)26-17-16(27(20(26)29)13-5-4-6-14(9-13)32-19(22)23)8-7-15(24-17)18(28)25-21(3)10-33(30,31)11-21/h4-9,12,19H,10-11H2,1-3H3,(H,25,28). The van der Waals surface area contributed by atoms with Crippen LogP contribution < -0.4 is 15.7 Å². The molecular formula is C21H22F2N4O5S. The van der Waals surface area contributed by atoms with Crippen molar-refractivity contribution in [3.8, 4) is 11.4 Å². The Morgan fingerprint density at radius 2 is 1.91 bits per heavy atom. The van der Waals surface area contributed by atoms with E-state index in [4.69, 9.17) is 0 Å². The smallest absolute Gasteiger partial charge is 0.387 e. The van der Waals surface area contributed by atoms with E-state index in [9.17, 15) is 26.8 Å². The highest BCUT2D eigenvalue weighted by Crippen LogP contribution is 2.25. The minimum Gasteiger partial charge on any atom is -0.435 e. The van der Waals surface area contributed by atoms with E-state index in [2.05, 4.69) is 15.0 Å². The minimum atomic E-state index is -3.15. The van der Waals surface area contributed by atoms with Crippen LogP contribution in [0.25, 0.3) is 16.9 Å². The Labute approximate surface area is 187 Å². The molecule has 3 aromatic rings. The first kappa shape index (κ1) is 22.9. The normalized spacial score (nSPS) is 16.7. The molecule has 0 spiro atoms. The topological polar surface area (TPSA) is 112 Å². The van der Waals surface area contributed by atoms with Gasteiger partial charge in [-0.2, -0.15) is 8.78 Å². The molecule has 0 saturated carbocycles. The van der Waals surface area contributed by atoms with Crippen LogP contribution in [0, 0.1) is 0 Å². The number of halogens is 2. The maximum absolute atomic E-state index is 13.2. The van der Waals surface area contributed by atoms with Gasteiger partial charge in [0.05, 0.1) is 28.2 Å². The van der Waals surface area contributed by atoms with Crippen molar-refractivity contribution in [2.75, 3.05) is 11.5 Å². The van der Waals surface area contributed by atoms with Gasteiger partial charge in [0.1, 0.15) is 11.4 Å². The number of carbonyl (C=O) groups is 1. The molecule has 4 rings (SSSR count). The second-order valence-electron chi connectivity index (χ2n) is 8.54. The first-order valence-corrected chi connectivity index (χ1v) is 11.9. The van der Waals surface area contributed by atoms with Crippen LogP contribution in [0.3, 0.4) is 0 Å². The van der Waals surface area contributed by atoms with E-state index in [1.54, 1.807) is 26.8 Å². The molecule has 1 saturated heterocycles. The molecule has 1 amide bonds. The molecule has 176 valence electrons. The third kappa shape index (κ3) is 4.34. The number of pyridine rings is 1. The number of carbonyl (C=O) groups excluding carboxylic acids is 1. The van der Waals surface area contributed by atoms with Crippen LogP contribution in [0.2, 0.25) is 0 Å². The fourth-order valence-electron chi connectivity index (χ4n) is 4.07. The number of benzene rings is 1. The summed E-state index contributed by atoms with van der Waals surface area (Å²) in [4.78, 5) is 30.4. The fraction of sp³-hybridized carbons (Fsp3) is 0.381. The lowest BCUT2D eigenvalue weighted by atomic mass is 10.1. The Hall–Kier alpha value is -3.28. The molecule has 0 unspecified atom stereocenters. The molecule has 2 aromatic heterocycles. The number of fused-ring (bicyclic) bond motifs is 1. The zero-order valence-corrected chi connectivity index (χ0v) is 18.9. The molecule has 0 aliphatic carbocycles. The second-order valence-corrected chi connectivity index (χ2v) is 10.6. The van der Waals surface area contributed by atoms with Crippen molar-refractivity contribution < 1.29 is 26.7 Å². The lowest BCUT2D eigenvalue weighted by Crippen LogP contribution is -2.63. The maximum atomic E-state index is 13.2. The summed E-state index contributed by atoms with van der Waals surface area (Å²) in [6, 6.07) is 8.37. The highest BCUT2D eigenvalue weighted by atomic mass is 32.2. The lowest BCUT2D eigenvalue weighted by Gasteiger charge is -2.38. The van der Waals surface area contributed by atoms with Crippen molar-refractivity contribution >= 4 is 26.9 Å². The predicted molar refractivity (Wildman–Crippen MR) is 117 cm³/mol. The molecule has 9 nitrogen and oxygen atoms in total. The summed E-state index contributed by atoms with van der Waals surface area (Å²) in [6.45, 7) is 2.18. The molecule has 1 N–H and O–H groups in total. The zero-order chi connectivity index (χ0) is 24.1. The van der Waals surface area contributed by atoms with Gasteiger partial charge in [-0.15, -0.1) is 0 Å². The number of nitrogens with zero attached hydrogens (tertiary/aromatic N) is 3. The number of aromatic nitrogens is 3. The van der Waals surface area contributed by atoms with Crippen LogP contribution in [0.5, 0.6) is 5.75 Å². The molecule has 1 fully saturated rings. The molecule has 0 atom stereocenters. The average molecular weight is 480 g/mol. The largest absolute Gasteiger partial charge is 0.435 e. The van der Waals surface area contributed by atoms with E-state index in [1.165, 1.54) is 39.5 Å². The first-order valence-electron chi connectivity index (χ1n) is 10.1. The van der Waals surface area contributed by atoms with E-state index in [1.807, 2.05) is 0 Å². The number of hydrogen-bond donors (Lipinski definition) is 1. The van der Waals surface area contributed by atoms with Gasteiger partial charge in [0.25, 0.3) is 5.91 Å². The summed E-state index contributed by atoms with van der Waals surface area (Å²) in [7, 11) is -3.15. The van der Waals surface area contributed by atoms with Gasteiger partial charge in [-0.25, -0.2) is 18.2 Å². The number of ether oxygens (including phenoxy) is 1. The summed E-state index contributed by atoms with van der Waals surface area (Å²) in [5.74, 6) is -0.972. The number of nitrogens with one attached hydrogen (secondary N) is 1. The van der Waals surface area contributed by atoms with Crippen LogP contribution in [0.4, 0.5) is 8.78 Å². The molecule has 1 aliphatic rings. The first-order chi connectivity index (χ1) is 15.4. The molecule has 0 radical (unpaired) electrons. The van der Waals surface area contributed by atoms with Gasteiger partial charge >= 0.3 is 12.3 Å². The number of hydrogen-bond acceptors (Lipinski definition) is 6. The van der Waals surface area contributed by atoms with Gasteiger partial charge in [-0.3, -0.25) is 13.9 Å². The average Bonchev–Trinajstić information content (AvgIpc) is 2.96. The predicted octanol–water partition coefficient (Wildman–Crippen LogP) is 2.29. The van der Waals surface area contributed by atoms with E-state index >= 15 is 0 Å². The van der Waals surface area contributed by atoms with Crippen LogP contribution >= 0.6 is 0 Å². The molecule has 1 aliphatic heterocycles. The molecule has 1 aromatic carbocycles. The van der Waals surface area contributed by atoms with Gasteiger partial charge in [-0.1, -0.05) is 6.07 Å². The van der Waals surface area contributed by atoms with Crippen LogP contribution in [-0.4, -0.2) is 52.1 Å². The summed E-state index contributed by atoms with van der Waals surface area (Å²) in [5.41, 5.74) is -0.410. The molecule has 3 heterocycles. The van der Waals surface area contributed by atoms with Crippen molar-refractivity contribution in [1.82, 2.24) is 19.4 Å². The van der Waals surface area contributed by atoms with Gasteiger partial charge in [0, 0.05) is 12.1 Å². The van der Waals surface area contributed by atoms with Gasteiger partial charge in [0.15, 0.2) is 15.5 Å². The summed E-state index contributed by atoms with van der Waals surface area (Å²) >= 11 is 0. The lowest BCUT2D eigenvalue weighted by molar-refractivity contribution is -0.0498. The number of amides is 1. The molecule has 12 heteroatoms. The number of rotatable bonds is 6. The Balaban J connectivity index is 1.78. The second kappa shape index (κ2) is 7.94. The van der Waals surface area contributed by atoms with Crippen molar-refractivity contribution in [2.24, 2.45) is 0 Å². The zero-order valence-electron chi connectivity index (χ0n) is 18.1. The van der Waals surface area contributed by atoms with Gasteiger partial charge in [-0.05, 0) is 45.0 Å². The van der Waals surface area contributed by atoms with E-state index in [0.717, 1.165) is 0 Å². The van der Waals surface area contributed by atoms with Crippen LogP contribution in [-0.2, 0) is 9.84 Å². The van der Waals surface area contributed by atoms with Crippen LogP contribution in [0.15, 0.2) is 41.2 Å². The monoisotopic (exact) mass is 480 g/mol. The number of sulfone groups is 1. The van der Waals surface area contributed by atoms with Crippen LogP contribution in [0.1, 0.15) is 37.3 Å². The summed E-state index contributed by atoms with van der Waals surface area (Å²) in [5, 5.41) is 2.69. The number of imidazole rings is 1. The Morgan fingerprint density at radius 1 is 1.21 bits per heavy atom. The Kier molecular flexibility index (Phi) is 5.51. The number of alkyl halides is 2. The Bertz CT molecular complexity index is 1400. The summed E-state index contributed by atoms with van der Waals surface area (Å²) < 4.78 is 55.4. The maximum Gasteiger partial charge on any atom is 0.387 e. The molecule has 33 heavy (non-hydrogen) atoms. The Morgan fingerprint density at radius 3 is 2.52 bits per heavy atom. The SMILES string of the molecule is CC(C)n1c(=O)n(-c2cccc(OC(F)F)c2)c2ccc(C(=O)NC3(C)CS(=O)(=O)C3)nc21. The third-order valence-corrected chi connectivity index (χ3v) is 7.42. The van der Waals surface area contributed by atoms with Crippen molar-refractivity contribution in [2.45, 2.75) is 39.0 Å². The summed E-state index contributed by atoms with van der Waals surface area (Å²) in [6.07, 6.45) is 0. The highest BCUT2D eigenvalue weighted by Gasteiger charge is 2.46. The van der Waals surface area contributed by atoms with Gasteiger partial charge < -0.3 is 10.1 Å². The van der Waals surface area contributed by atoms with Crippen molar-refractivity contribution in [3.05, 3.63) is 52.6 Å². The third-order valence-electron chi connectivity index (χ3n) is 5.26.